The Morgan fingerprint density at radius 1 is 1.09 bits per heavy atom. The summed E-state index contributed by atoms with van der Waals surface area (Å²) >= 11 is 3.37. The summed E-state index contributed by atoms with van der Waals surface area (Å²) in [6, 6.07) is 7.96. The van der Waals surface area contributed by atoms with Crippen LogP contribution in [-0.2, 0) is 13.1 Å². The highest BCUT2D eigenvalue weighted by molar-refractivity contribution is 7.14. The Bertz CT molecular complexity index is 754. The molecule has 0 radical (unpaired) electrons. The Morgan fingerprint density at radius 3 is 2.74 bits per heavy atom. The highest BCUT2D eigenvalue weighted by Crippen LogP contribution is 2.26. The van der Waals surface area contributed by atoms with Crippen molar-refractivity contribution in [1.29, 1.82) is 0 Å². The fraction of sp³-hybridized carbons (Fsp3) is 0.235. The summed E-state index contributed by atoms with van der Waals surface area (Å²) in [5.74, 6) is 1.62. The van der Waals surface area contributed by atoms with Crippen molar-refractivity contribution in [2.75, 3.05) is 14.2 Å². The van der Waals surface area contributed by atoms with Crippen LogP contribution < -0.4 is 14.8 Å². The molecule has 1 N–H and O–H groups in total. The fourth-order valence-corrected chi connectivity index (χ4v) is 3.76. The van der Waals surface area contributed by atoms with E-state index in [9.17, 15) is 0 Å². The van der Waals surface area contributed by atoms with Crippen molar-refractivity contribution in [3.05, 3.63) is 51.7 Å². The first-order chi connectivity index (χ1) is 11.3. The lowest BCUT2D eigenvalue weighted by molar-refractivity contribution is 0.389. The van der Waals surface area contributed by atoms with Gasteiger partial charge in [-0.2, -0.15) is 11.3 Å². The first-order valence-corrected chi connectivity index (χ1v) is 9.01. The van der Waals surface area contributed by atoms with Gasteiger partial charge < -0.3 is 14.8 Å². The average molecular weight is 346 g/mol. The number of methoxy groups -OCH3 is 2. The second-order valence-corrected chi connectivity index (χ2v) is 6.58. The van der Waals surface area contributed by atoms with Crippen molar-refractivity contribution in [2.45, 2.75) is 13.1 Å². The standard InChI is InChI=1S/C17H18N2O2S2/c1-20-15-4-3-12(16(7-15)21-2)8-18-9-14-11-23-17(19-14)13-5-6-22-10-13/h3-7,10-11,18H,8-9H2,1-2H3. The summed E-state index contributed by atoms with van der Waals surface area (Å²) in [5.41, 5.74) is 3.35. The fourth-order valence-electron chi connectivity index (χ4n) is 2.23. The van der Waals surface area contributed by atoms with Gasteiger partial charge in [0.25, 0.3) is 0 Å². The highest BCUT2D eigenvalue weighted by Gasteiger charge is 2.07. The second-order valence-electron chi connectivity index (χ2n) is 4.94. The molecule has 3 aromatic rings. The number of benzene rings is 1. The first kappa shape index (κ1) is 16.0. The number of hydrogen-bond acceptors (Lipinski definition) is 6. The van der Waals surface area contributed by atoms with Gasteiger partial charge >= 0.3 is 0 Å². The SMILES string of the molecule is COc1ccc(CNCc2csc(-c3ccsc3)n2)c(OC)c1. The summed E-state index contributed by atoms with van der Waals surface area (Å²) in [6.07, 6.45) is 0. The summed E-state index contributed by atoms with van der Waals surface area (Å²) in [5, 5.41) is 10.8. The van der Waals surface area contributed by atoms with E-state index in [0.717, 1.165) is 40.9 Å². The predicted octanol–water partition coefficient (Wildman–Crippen LogP) is 4.18. The predicted molar refractivity (Wildman–Crippen MR) is 95.5 cm³/mol. The molecule has 0 fully saturated rings. The molecule has 3 rings (SSSR count). The molecule has 2 aromatic heterocycles. The molecule has 0 unspecified atom stereocenters. The Labute approximate surface area is 143 Å². The number of thiazole rings is 1. The van der Waals surface area contributed by atoms with Crippen molar-refractivity contribution in [3.8, 4) is 22.1 Å². The minimum absolute atomic E-state index is 0.721. The van der Waals surface area contributed by atoms with E-state index in [1.165, 1.54) is 5.56 Å². The van der Waals surface area contributed by atoms with Gasteiger partial charge in [-0.25, -0.2) is 4.98 Å². The summed E-state index contributed by atoms with van der Waals surface area (Å²) in [4.78, 5) is 4.67. The van der Waals surface area contributed by atoms with Gasteiger partial charge in [0.2, 0.25) is 0 Å². The molecule has 0 saturated heterocycles. The molecule has 0 spiro atoms. The number of hydrogen-bond donors (Lipinski definition) is 1. The molecule has 0 aliphatic heterocycles. The van der Waals surface area contributed by atoms with E-state index >= 15 is 0 Å². The molecule has 0 bridgehead atoms. The average Bonchev–Trinajstić information content (AvgIpc) is 3.26. The molecule has 0 atom stereocenters. The minimum atomic E-state index is 0.721. The monoisotopic (exact) mass is 346 g/mol. The maximum absolute atomic E-state index is 5.41. The smallest absolute Gasteiger partial charge is 0.127 e. The normalized spacial score (nSPS) is 10.7. The van der Waals surface area contributed by atoms with Crippen LogP contribution in [0.3, 0.4) is 0 Å². The zero-order valence-electron chi connectivity index (χ0n) is 13.0. The first-order valence-electron chi connectivity index (χ1n) is 7.18. The molecule has 2 heterocycles. The number of nitrogens with zero attached hydrogens (tertiary/aromatic N) is 1. The molecule has 6 heteroatoms. The Hall–Kier alpha value is -1.89. The molecule has 0 aliphatic rings. The molecule has 4 nitrogen and oxygen atoms in total. The van der Waals surface area contributed by atoms with Crippen LogP contribution in [0.25, 0.3) is 10.6 Å². The van der Waals surface area contributed by atoms with Gasteiger partial charge in [-0.05, 0) is 17.5 Å². The molecule has 0 saturated carbocycles. The van der Waals surface area contributed by atoms with Crippen LogP contribution in [0.2, 0.25) is 0 Å². The van der Waals surface area contributed by atoms with E-state index in [1.54, 1.807) is 36.9 Å². The Morgan fingerprint density at radius 2 is 2.00 bits per heavy atom. The van der Waals surface area contributed by atoms with E-state index in [-0.39, 0.29) is 0 Å². The number of thiophene rings is 1. The zero-order valence-corrected chi connectivity index (χ0v) is 14.7. The van der Waals surface area contributed by atoms with E-state index < -0.39 is 0 Å². The summed E-state index contributed by atoms with van der Waals surface area (Å²) < 4.78 is 10.6. The van der Waals surface area contributed by atoms with Crippen molar-refractivity contribution >= 4 is 22.7 Å². The van der Waals surface area contributed by atoms with Crippen molar-refractivity contribution < 1.29 is 9.47 Å². The minimum Gasteiger partial charge on any atom is -0.497 e. The van der Waals surface area contributed by atoms with Gasteiger partial charge in [-0.3, -0.25) is 0 Å². The molecular formula is C17H18N2O2S2. The third-order valence-electron chi connectivity index (χ3n) is 3.44. The second kappa shape index (κ2) is 7.59. The van der Waals surface area contributed by atoms with Crippen LogP contribution in [0.15, 0.2) is 40.4 Å². The van der Waals surface area contributed by atoms with E-state index in [1.807, 2.05) is 18.2 Å². The largest absolute Gasteiger partial charge is 0.497 e. The summed E-state index contributed by atoms with van der Waals surface area (Å²) in [6.45, 7) is 1.45. The molecule has 23 heavy (non-hydrogen) atoms. The van der Waals surface area contributed by atoms with Crippen LogP contribution in [0.1, 0.15) is 11.3 Å². The van der Waals surface area contributed by atoms with E-state index in [0.29, 0.717) is 0 Å². The lowest BCUT2D eigenvalue weighted by atomic mass is 10.2. The van der Waals surface area contributed by atoms with Gasteiger partial charge in [0.05, 0.1) is 19.9 Å². The van der Waals surface area contributed by atoms with Crippen LogP contribution in [-0.4, -0.2) is 19.2 Å². The maximum atomic E-state index is 5.41. The lowest BCUT2D eigenvalue weighted by Gasteiger charge is -2.10. The van der Waals surface area contributed by atoms with Crippen LogP contribution in [0.4, 0.5) is 0 Å². The van der Waals surface area contributed by atoms with Crippen molar-refractivity contribution in [2.24, 2.45) is 0 Å². The highest BCUT2D eigenvalue weighted by atomic mass is 32.1. The maximum Gasteiger partial charge on any atom is 0.127 e. The third-order valence-corrected chi connectivity index (χ3v) is 5.06. The molecular weight excluding hydrogens is 328 g/mol. The quantitative estimate of drug-likeness (QED) is 0.697. The van der Waals surface area contributed by atoms with Gasteiger partial charge in [-0.1, -0.05) is 6.07 Å². The topological polar surface area (TPSA) is 43.4 Å². The number of rotatable bonds is 7. The van der Waals surface area contributed by atoms with Gasteiger partial charge in [0, 0.05) is 41.0 Å². The van der Waals surface area contributed by atoms with E-state index in [2.05, 4.69) is 32.5 Å². The van der Waals surface area contributed by atoms with Gasteiger partial charge in [-0.15, -0.1) is 11.3 Å². The van der Waals surface area contributed by atoms with Crippen molar-refractivity contribution in [3.63, 3.8) is 0 Å². The Balaban J connectivity index is 1.59. The number of ether oxygens (including phenoxy) is 2. The van der Waals surface area contributed by atoms with E-state index in [4.69, 9.17) is 9.47 Å². The summed E-state index contributed by atoms with van der Waals surface area (Å²) in [7, 11) is 3.33. The molecule has 120 valence electrons. The van der Waals surface area contributed by atoms with Crippen LogP contribution >= 0.6 is 22.7 Å². The van der Waals surface area contributed by atoms with Crippen molar-refractivity contribution in [1.82, 2.24) is 10.3 Å². The van der Waals surface area contributed by atoms with Crippen LogP contribution in [0, 0.1) is 0 Å². The zero-order chi connectivity index (χ0) is 16.1. The number of aromatic nitrogens is 1. The van der Waals surface area contributed by atoms with Gasteiger partial charge in [0.1, 0.15) is 16.5 Å². The van der Waals surface area contributed by atoms with Gasteiger partial charge in [0.15, 0.2) is 0 Å². The third kappa shape index (κ3) is 3.90. The molecule has 1 aromatic carbocycles. The molecule has 0 aliphatic carbocycles. The van der Waals surface area contributed by atoms with Crippen LogP contribution in [0.5, 0.6) is 11.5 Å². The molecule has 0 amide bonds. The Kier molecular flexibility index (Phi) is 5.27. The lowest BCUT2D eigenvalue weighted by Crippen LogP contribution is -2.13. The number of nitrogens with one attached hydrogen (secondary N) is 1.